The van der Waals surface area contributed by atoms with E-state index in [1.165, 1.54) is 11.0 Å². The maximum Gasteiger partial charge on any atom is 0.417 e. The number of piperazine rings is 1. The van der Waals surface area contributed by atoms with E-state index < -0.39 is 23.7 Å². The van der Waals surface area contributed by atoms with Crippen molar-refractivity contribution in [1.29, 1.82) is 0 Å². The summed E-state index contributed by atoms with van der Waals surface area (Å²) in [5.74, 6) is -0.407. The second-order valence-electron chi connectivity index (χ2n) is 9.06. The van der Waals surface area contributed by atoms with Gasteiger partial charge in [0.25, 0.3) is 5.91 Å². The zero-order valence-electron chi connectivity index (χ0n) is 18.8. The number of pyridine rings is 1. The number of hydrogen-bond acceptors (Lipinski definition) is 6. The van der Waals surface area contributed by atoms with Crippen LogP contribution in [0.25, 0.3) is 0 Å². The molecule has 0 spiro atoms. The normalized spacial score (nSPS) is 21.3. The van der Waals surface area contributed by atoms with Crippen LogP contribution in [0.15, 0.2) is 36.5 Å². The number of benzene rings is 1. The minimum atomic E-state index is -4.40. The summed E-state index contributed by atoms with van der Waals surface area (Å²) in [6.07, 6.45) is -2.99. The topological polar surface area (TPSA) is 85.9 Å². The summed E-state index contributed by atoms with van der Waals surface area (Å²) in [5, 5.41) is 2.31. The number of rotatable bonds is 4. The van der Waals surface area contributed by atoms with Crippen molar-refractivity contribution < 1.29 is 27.6 Å². The van der Waals surface area contributed by atoms with E-state index in [-0.39, 0.29) is 18.2 Å². The first kappa shape index (κ1) is 23.3. The molecule has 0 saturated carbocycles. The summed E-state index contributed by atoms with van der Waals surface area (Å²) >= 11 is 0. The van der Waals surface area contributed by atoms with Gasteiger partial charge >= 0.3 is 6.18 Å². The van der Waals surface area contributed by atoms with Crippen molar-refractivity contribution in [3.05, 3.63) is 58.8 Å². The van der Waals surface area contributed by atoms with Crippen LogP contribution >= 0.6 is 0 Å². The number of anilines is 1. The molecule has 3 aliphatic rings. The Balaban J connectivity index is 1.18. The van der Waals surface area contributed by atoms with Crippen molar-refractivity contribution in [1.82, 2.24) is 20.1 Å². The maximum atomic E-state index is 12.8. The molecular weight excluding hydrogens is 463 g/mol. The Labute approximate surface area is 199 Å². The molecule has 3 amide bonds. The number of fused-ring (bicyclic) bond motifs is 1. The summed E-state index contributed by atoms with van der Waals surface area (Å²) in [5.41, 5.74) is 1.73. The van der Waals surface area contributed by atoms with Crippen molar-refractivity contribution in [3.63, 3.8) is 0 Å². The number of carbonyl (C=O) groups is 3. The van der Waals surface area contributed by atoms with Gasteiger partial charge in [-0.3, -0.25) is 24.6 Å². The quantitative estimate of drug-likeness (QED) is 0.666. The molecule has 0 aliphatic carbocycles. The van der Waals surface area contributed by atoms with E-state index in [0.29, 0.717) is 44.0 Å². The molecule has 4 heterocycles. The summed E-state index contributed by atoms with van der Waals surface area (Å²) in [6, 6.07) is 7.52. The molecule has 5 rings (SSSR count). The number of alkyl halides is 3. The first-order valence-electron chi connectivity index (χ1n) is 11.5. The molecule has 1 unspecified atom stereocenters. The smallest absolute Gasteiger partial charge is 0.354 e. The highest BCUT2D eigenvalue weighted by molar-refractivity contribution is 6.05. The third-order valence-corrected chi connectivity index (χ3v) is 6.77. The maximum absolute atomic E-state index is 12.8. The van der Waals surface area contributed by atoms with E-state index in [1.807, 2.05) is 17.0 Å². The molecule has 1 atom stereocenters. The third-order valence-electron chi connectivity index (χ3n) is 6.77. The molecule has 0 radical (unpaired) electrons. The van der Waals surface area contributed by atoms with Gasteiger partial charge in [0, 0.05) is 57.4 Å². The molecule has 11 heteroatoms. The molecule has 2 fully saturated rings. The van der Waals surface area contributed by atoms with E-state index in [2.05, 4.69) is 15.2 Å². The van der Waals surface area contributed by atoms with Crippen molar-refractivity contribution in [2.75, 3.05) is 31.1 Å². The lowest BCUT2D eigenvalue weighted by Gasteiger charge is -2.35. The minimum absolute atomic E-state index is 0.196. The molecule has 1 N–H and O–H groups in total. The van der Waals surface area contributed by atoms with Gasteiger partial charge in [-0.15, -0.1) is 0 Å². The lowest BCUT2D eigenvalue weighted by Crippen LogP contribution is -2.52. The second kappa shape index (κ2) is 8.95. The summed E-state index contributed by atoms with van der Waals surface area (Å²) < 4.78 is 38.3. The number of nitrogens with one attached hydrogen (secondary N) is 1. The zero-order chi connectivity index (χ0) is 24.7. The highest BCUT2D eigenvalue weighted by Gasteiger charge is 2.39. The Kier molecular flexibility index (Phi) is 5.96. The highest BCUT2D eigenvalue weighted by Crippen LogP contribution is 2.30. The van der Waals surface area contributed by atoms with E-state index in [9.17, 15) is 27.6 Å². The van der Waals surface area contributed by atoms with E-state index in [4.69, 9.17) is 0 Å². The Morgan fingerprint density at radius 3 is 2.46 bits per heavy atom. The lowest BCUT2D eigenvalue weighted by atomic mass is 10.0. The van der Waals surface area contributed by atoms with Crippen LogP contribution in [0.3, 0.4) is 0 Å². The number of carbonyl (C=O) groups excluding carboxylic acids is 3. The summed E-state index contributed by atoms with van der Waals surface area (Å²) in [4.78, 5) is 46.2. The first-order chi connectivity index (χ1) is 16.7. The fourth-order valence-corrected chi connectivity index (χ4v) is 4.86. The fraction of sp³-hybridized carbons (Fsp3) is 0.417. The van der Waals surface area contributed by atoms with Gasteiger partial charge in [-0.05, 0) is 35.7 Å². The van der Waals surface area contributed by atoms with Gasteiger partial charge in [-0.1, -0.05) is 12.1 Å². The zero-order valence-corrected chi connectivity index (χ0v) is 18.8. The molecule has 35 heavy (non-hydrogen) atoms. The minimum Gasteiger partial charge on any atom is -0.354 e. The van der Waals surface area contributed by atoms with Crippen LogP contribution in [0.5, 0.6) is 0 Å². The highest BCUT2D eigenvalue weighted by atomic mass is 19.4. The van der Waals surface area contributed by atoms with Gasteiger partial charge in [0.05, 0.1) is 5.56 Å². The number of amides is 3. The number of piperidine rings is 1. The number of halogens is 3. The number of imide groups is 1. The molecule has 8 nitrogen and oxygen atoms in total. The van der Waals surface area contributed by atoms with Gasteiger partial charge in [0.1, 0.15) is 11.9 Å². The van der Waals surface area contributed by atoms with Crippen LogP contribution in [0, 0.1) is 0 Å². The average Bonchev–Trinajstić information content (AvgIpc) is 3.14. The van der Waals surface area contributed by atoms with Gasteiger partial charge in [-0.2, -0.15) is 13.2 Å². The van der Waals surface area contributed by atoms with Crippen LogP contribution in [-0.2, 0) is 28.9 Å². The van der Waals surface area contributed by atoms with Crippen LogP contribution in [-0.4, -0.2) is 64.7 Å². The number of nitrogens with zero attached hydrogens (tertiary/aromatic N) is 4. The molecule has 1 aromatic carbocycles. The predicted octanol–water partition coefficient (Wildman–Crippen LogP) is 2.18. The van der Waals surface area contributed by atoms with Crippen molar-refractivity contribution >= 4 is 23.5 Å². The number of aromatic nitrogens is 1. The fourth-order valence-electron chi connectivity index (χ4n) is 4.86. The summed E-state index contributed by atoms with van der Waals surface area (Å²) in [6.45, 7) is 3.74. The third kappa shape index (κ3) is 4.72. The van der Waals surface area contributed by atoms with Gasteiger partial charge in [0.15, 0.2) is 0 Å². The van der Waals surface area contributed by atoms with E-state index >= 15 is 0 Å². The van der Waals surface area contributed by atoms with Gasteiger partial charge < -0.3 is 9.80 Å². The second-order valence-corrected chi connectivity index (χ2v) is 9.06. The van der Waals surface area contributed by atoms with Gasteiger partial charge in [0.2, 0.25) is 11.8 Å². The monoisotopic (exact) mass is 487 g/mol. The Morgan fingerprint density at radius 1 is 1.03 bits per heavy atom. The summed E-state index contributed by atoms with van der Waals surface area (Å²) in [7, 11) is 0. The van der Waals surface area contributed by atoms with Crippen molar-refractivity contribution in [2.45, 2.75) is 38.1 Å². The van der Waals surface area contributed by atoms with Crippen molar-refractivity contribution in [3.8, 4) is 0 Å². The van der Waals surface area contributed by atoms with Crippen LogP contribution < -0.4 is 10.2 Å². The molecule has 0 bridgehead atoms. The molecule has 2 saturated heterocycles. The predicted molar refractivity (Wildman–Crippen MR) is 119 cm³/mol. The Morgan fingerprint density at radius 2 is 1.80 bits per heavy atom. The molecule has 1 aromatic heterocycles. The van der Waals surface area contributed by atoms with Crippen LogP contribution in [0.4, 0.5) is 19.0 Å². The van der Waals surface area contributed by atoms with E-state index in [1.54, 1.807) is 6.07 Å². The van der Waals surface area contributed by atoms with Crippen LogP contribution in [0.1, 0.15) is 39.9 Å². The van der Waals surface area contributed by atoms with E-state index in [0.717, 1.165) is 36.5 Å². The molecular formula is C24H24F3N5O3. The number of hydrogen-bond donors (Lipinski definition) is 1. The Hall–Kier alpha value is -3.47. The lowest BCUT2D eigenvalue weighted by molar-refractivity contribution is -0.138. The first-order valence-corrected chi connectivity index (χ1v) is 11.5. The van der Waals surface area contributed by atoms with Crippen LogP contribution in [0.2, 0.25) is 0 Å². The molecule has 184 valence electrons. The molecule has 3 aliphatic heterocycles. The van der Waals surface area contributed by atoms with Gasteiger partial charge in [-0.25, -0.2) is 4.98 Å². The SMILES string of the molecule is O=C1CCC(N2Cc3cc(CN4CCN(c5ccc(C(F)(F)F)cn5)CC4)ccc3C2=O)C(=O)N1. The average molecular weight is 487 g/mol. The molecule has 2 aromatic rings. The standard InChI is InChI=1S/C24H24F3N5O3/c25-24(26,27)17-2-5-20(28-12-17)31-9-7-30(8-10-31)13-15-1-3-18-16(11-15)14-32(23(18)35)19-4-6-21(33)29-22(19)34/h1-3,5,11-12,19H,4,6-10,13-14H2,(H,29,33,34). The largest absolute Gasteiger partial charge is 0.417 e. The Bertz CT molecular complexity index is 1160. The van der Waals surface area contributed by atoms with Crippen molar-refractivity contribution in [2.24, 2.45) is 0 Å².